The standard InChI is InChI=1S/C12H13N3OS/c1-8(13)11-7-17-12(15-11)10-3-2-9(4-5-16)6-14-10/h2-3,6-7,13,16H,4-5H2,1H3. The molecule has 0 aliphatic carbocycles. The Bertz CT molecular complexity index is 519. The van der Waals surface area contributed by atoms with Crippen molar-refractivity contribution in [1.29, 1.82) is 5.41 Å². The number of thiazole rings is 1. The molecule has 0 saturated heterocycles. The van der Waals surface area contributed by atoms with Gasteiger partial charge < -0.3 is 10.5 Å². The monoisotopic (exact) mass is 247 g/mol. The van der Waals surface area contributed by atoms with Crippen LogP contribution in [0, 0.1) is 5.41 Å². The highest BCUT2D eigenvalue weighted by Crippen LogP contribution is 2.22. The van der Waals surface area contributed by atoms with Gasteiger partial charge in [-0.2, -0.15) is 0 Å². The highest BCUT2D eigenvalue weighted by molar-refractivity contribution is 7.13. The van der Waals surface area contributed by atoms with E-state index < -0.39 is 0 Å². The van der Waals surface area contributed by atoms with Crippen LogP contribution in [0.1, 0.15) is 18.2 Å². The zero-order valence-electron chi connectivity index (χ0n) is 9.47. The van der Waals surface area contributed by atoms with Crippen LogP contribution in [0.5, 0.6) is 0 Å². The molecule has 0 atom stereocenters. The summed E-state index contributed by atoms with van der Waals surface area (Å²) >= 11 is 1.49. The van der Waals surface area contributed by atoms with E-state index in [9.17, 15) is 0 Å². The minimum Gasteiger partial charge on any atom is -0.396 e. The van der Waals surface area contributed by atoms with Crippen LogP contribution >= 0.6 is 11.3 Å². The Balaban J connectivity index is 2.23. The van der Waals surface area contributed by atoms with E-state index in [0.717, 1.165) is 16.3 Å². The smallest absolute Gasteiger partial charge is 0.142 e. The number of aliphatic hydroxyl groups excluding tert-OH is 1. The molecule has 2 aromatic rings. The van der Waals surface area contributed by atoms with Crippen molar-refractivity contribution in [3.63, 3.8) is 0 Å². The number of hydrogen-bond acceptors (Lipinski definition) is 5. The van der Waals surface area contributed by atoms with E-state index in [1.54, 1.807) is 13.1 Å². The Labute approximate surface area is 104 Å². The molecule has 2 heterocycles. The third kappa shape index (κ3) is 2.75. The molecule has 0 aromatic carbocycles. The second-order valence-electron chi connectivity index (χ2n) is 3.69. The lowest BCUT2D eigenvalue weighted by Gasteiger charge is -1.99. The number of aliphatic hydroxyl groups is 1. The van der Waals surface area contributed by atoms with E-state index >= 15 is 0 Å². The van der Waals surface area contributed by atoms with Crippen LogP contribution in [-0.4, -0.2) is 27.4 Å². The summed E-state index contributed by atoms with van der Waals surface area (Å²) < 4.78 is 0. The second kappa shape index (κ2) is 5.16. The van der Waals surface area contributed by atoms with Gasteiger partial charge in [0.1, 0.15) is 5.01 Å². The Morgan fingerprint density at radius 1 is 1.47 bits per heavy atom. The van der Waals surface area contributed by atoms with Gasteiger partial charge in [-0.1, -0.05) is 6.07 Å². The molecule has 0 unspecified atom stereocenters. The van der Waals surface area contributed by atoms with Crippen molar-refractivity contribution in [1.82, 2.24) is 9.97 Å². The number of nitrogens with zero attached hydrogens (tertiary/aromatic N) is 2. The lowest BCUT2D eigenvalue weighted by molar-refractivity contribution is 0.299. The van der Waals surface area contributed by atoms with Gasteiger partial charge in [0.15, 0.2) is 0 Å². The SMILES string of the molecule is CC(=N)c1csc(-c2ccc(CCO)cn2)n1. The number of pyridine rings is 1. The first-order valence-corrected chi connectivity index (χ1v) is 6.16. The van der Waals surface area contributed by atoms with Crippen LogP contribution < -0.4 is 0 Å². The summed E-state index contributed by atoms with van der Waals surface area (Å²) in [6, 6.07) is 3.84. The van der Waals surface area contributed by atoms with Crippen LogP contribution in [-0.2, 0) is 6.42 Å². The van der Waals surface area contributed by atoms with Gasteiger partial charge >= 0.3 is 0 Å². The lowest BCUT2D eigenvalue weighted by atomic mass is 10.2. The summed E-state index contributed by atoms with van der Waals surface area (Å²) in [5.74, 6) is 0. The van der Waals surface area contributed by atoms with Gasteiger partial charge in [0, 0.05) is 18.2 Å². The topological polar surface area (TPSA) is 69.9 Å². The largest absolute Gasteiger partial charge is 0.396 e. The molecule has 0 fully saturated rings. The molecule has 5 heteroatoms. The summed E-state index contributed by atoms with van der Waals surface area (Å²) in [5, 5.41) is 19.0. The fourth-order valence-electron chi connectivity index (χ4n) is 1.39. The molecule has 4 nitrogen and oxygen atoms in total. The summed E-state index contributed by atoms with van der Waals surface area (Å²) in [6.07, 6.45) is 2.37. The van der Waals surface area contributed by atoms with Crippen LogP contribution in [0.2, 0.25) is 0 Å². The van der Waals surface area contributed by atoms with Crippen molar-refractivity contribution in [3.05, 3.63) is 35.0 Å². The Kier molecular flexibility index (Phi) is 3.61. The predicted molar refractivity (Wildman–Crippen MR) is 68.6 cm³/mol. The van der Waals surface area contributed by atoms with Crippen LogP contribution in [0.25, 0.3) is 10.7 Å². The number of hydrogen-bond donors (Lipinski definition) is 2. The van der Waals surface area contributed by atoms with Gasteiger partial charge in [-0.05, 0) is 25.0 Å². The maximum atomic E-state index is 8.81. The molecule has 2 N–H and O–H groups in total. The van der Waals surface area contributed by atoms with Crippen LogP contribution in [0.3, 0.4) is 0 Å². The van der Waals surface area contributed by atoms with Crippen LogP contribution in [0.15, 0.2) is 23.7 Å². The third-order valence-corrected chi connectivity index (χ3v) is 3.20. The Hall–Kier alpha value is -1.59. The first kappa shape index (κ1) is 11.9. The van der Waals surface area contributed by atoms with Gasteiger partial charge in [-0.25, -0.2) is 4.98 Å². The fraction of sp³-hybridized carbons (Fsp3) is 0.250. The zero-order chi connectivity index (χ0) is 12.3. The van der Waals surface area contributed by atoms with E-state index in [-0.39, 0.29) is 6.61 Å². The molecule has 2 rings (SSSR count). The van der Waals surface area contributed by atoms with Crippen molar-refractivity contribution in [2.24, 2.45) is 0 Å². The molecule has 2 aromatic heterocycles. The summed E-state index contributed by atoms with van der Waals surface area (Å²) in [4.78, 5) is 8.64. The normalized spacial score (nSPS) is 10.5. The molecular formula is C12H13N3OS. The molecular weight excluding hydrogens is 234 g/mol. The van der Waals surface area contributed by atoms with Gasteiger partial charge in [0.05, 0.1) is 17.1 Å². The maximum Gasteiger partial charge on any atom is 0.142 e. The molecule has 88 valence electrons. The second-order valence-corrected chi connectivity index (χ2v) is 4.55. The number of rotatable bonds is 4. The first-order valence-electron chi connectivity index (χ1n) is 5.28. The predicted octanol–water partition coefficient (Wildman–Crippen LogP) is 2.13. The van der Waals surface area contributed by atoms with E-state index in [4.69, 9.17) is 10.5 Å². The highest BCUT2D eigenvalue weighted by Gasteiger charge is 2.07. The molecule has 17 heavy (non-hydrogen) atoms. The van der Waals surface area contributed by atoms with Crippen molar-refractivity contribution in [3.8, 4) is 10.7 Å². The van der Waals surface area contributed by atoms with E-state index in [1.807, 2.05) is 17.5 Å². The third-order valence-electron chi connectivity index (χ3n) is 2.33. The van der Waals surface area contributed by atoms with Crippen molar-refractivity contribution in [2.45, 2.75) is 13.3 Å². The van der Waals surface area contributed by atoms with Gasteiger partial charge in [0.2, 0.25) is 0 Å². The van der Waals surface area contributed by atoms with Crippen molar-refractivity contribution in [2.75, 3.05) is 6.61 Å². The molecule has 0 aliphatic rings. The maximum absolute atomic E-state index is 8.81. The lowest BCUT2D eigenvalue weighted by Crippen LogP contribution is -1.94. The van der Waals surface area contributed by atoms with Gasteiger partial charge in [-0.15, -0.1) is 11.3 Å². The van der Waals surface area contributed by atoms with E-state index in [1.165, 1.54) is 11.3 Å². The van der Waals surface area contributed by atoms with Crippen molar-refractivity contribution >= 4 is 17.0 Å². The molecule has 0 spiro atoms. The number of nitrogens with one attached hydrogen (secondary N) is 1. The van der Waals surface area contributed by atoms with Crippen LogP contribution in [0.4, 0.5) is 0 Å². The molecule has 0 radical (unpaired) electrons. The molecule has 0 amide bonds. The Morgan fingerprint density at radius 2 is 2.29 bits per heavy atom. The van der Waals surface area contributed by atoms with Gasteiger partial charge in [-0.3, -0.25) is 4.98 Å². The number of aromatic nitrogens is 2. The summed E-state index contributed by atoms with van der Waals surface area (Å²) in [5.41, 5.74) is 2.98. The first-order chi connectivity index (χ1) is 8.20. The Morgan fingerprint density at radius 3 is 2.82 bits per heavy atom. The quantitative estimate of drug-likeness (QED) is 0.813. The minimum atomic E-state index is 0.134. The van der Waals surface area contributed by atoms with E-state index in [2.05, 4.69) is 9.97 Å². The minimum absolute atomic E-state index is 0.134. The average Bonchev–Trinajstić information content (AvgIpc) is 2.80. The molecule has 0 bridgehead atoms. The zero-order valence-corrected chi connectivity index (χ0v) is 10.3. The molecule has 0 saturated carbocycles. The summed E-state index contributed by atoms with van der Waals surface area (Å²) in [6.45, 7) is 1.85. The van der Waals surface area contributed by atoms with Gasteiger partial charge in [0.25, 0.3) is 0 Å². The average molecular weight is 247 g/mol. The van der Waals surface area contributed by atoms with E-state index in [0.29, 0.717) is 17.8 Å². The highest BCUT2D eigenvalue weighted by atomic mass is 32.1. The van der Waals surface area contributed by atoms with Crippen molar-refractivity contribution < 1.29 is 5.11 Å². The fourth-order valence-corrected chi connectivity index (χ4v) is 2.24. The molecule has 0 aliphatic heterocycles. The summed E-state index contributed by atoms with van der Waals surface area (Å²) in [7, 11) is 0.